The van der Waals surface area contributed by atoms with Crippen LogP contribution >= 0.6 is 11.6 Å². The Morgan fingerprint density at radius 1 is 0.720 bits per heavy atom. The van der Waals surface area contributed by atoms with Crippen LogP contribution in [0, 0.1) is 0 Å². The molecule has 0 amide bonds. The van der Waals surface area contributed by atoms with E-state index in [1.165, 1.54) is 0 Å². The first-order valence-corrected chi connectivity index (χ1v) is 8.14. The third-order valence-electron chi connectivity index (χ3n) is 3.70. The van der Waals surface area contributed by atoms with Crippen molar-refractivity contribution in [2.75, 3.05) is 0 Å². The van der Waals surface area contributed by atoms with Crippen LogP contribution in [0.25, 0.3) is 0 Å². The van der Waals surface area contributed by atoms with Crippen LogP contribution in [0.4, 0.5) is 0 Å². The molecule has 0 aliphatic rings. The number of ketones is 1. The van der Waals surface area contributed by atoms with Gasteiger partial charge in [0.2, 0.25) is 5.78 Å². The SMILES string of the molecule is O=C(O[C@H](C(=O)c1ccccc1)c1ccc(Cl)cc1)c1ccccc1. The molecule has 4 heteroatoms. The Hall–Kier alpha value is -2.91. The van der Waals surface area contributed by atoms with Crippen LogP contribution in [0.2, 0.25) is 5.02 Å². The van der Waals surface area contributed by atoms with Gasteiger partial charge in [-0.15, -0.1) is 0 Å². The van der Waals surface area contributed by atoms with Gasteiger partial charge in [-0.2, -0.15) is 0 Å². The van der Waals surface area contributed by atoms with Gasteiger partial charge in [-0.3, -0.25) is 4.79 Å². The van der Waals surface area contributed by atoms with E-state index in [2.05, 4.69) is 0 Å². The van der Waals surface area contributed by atoms with E-state index in [0.29, 0.717) is 21.7 Å². The molecule has 0 bridgehead atoms. The molecule has 0 unspecified atom stereocenters. The number of carbonyl (C=O) groups excluding carboxylic acids is 2. The van der Waals surface area contributed by atoms with Crippen LogP contribution in [0.1, 0.15) is 32.4 Å². The molecule has 0 N–H and O–H groups in total. The van der Waals surface area contributed by atoms with Crippen molar-refractivity contribution in [3.8, 4) is 0 Å². The zero-order valence-corrected chi connectivity index (χ0v) is 14.0. The number of ether oxygens (including phenoxy) is 1. The third kappa shape index (κ3) is 4.14. The number of halogens is 1. The van der Waals surface area contributed by atoms with Crippen LogP contribution in [-0.2, 0) is 4.74 Å². The summed E-state index contributed by atoms with van der Waals surface area (Å²) in [4.78, 5) is 25.3. The van der Waals surface area contributed by atoms with E-state index in [0.717, 1.165) is 0 Å². The lowest BCUT2D eigenvalue weighted by Crippen LogP contribution is -2.20. The second kappa shape index (κ2) is 7.77. The van der Waals surface area contributed by atoms with Crippen LogP contribution in [0.15, 0.2) is 84.9 Å². The van der Waals surface area contributed by atoms with Gasteiger partial charge in [0, 0.05) is 16.1 Å². The first kappa shape index (κ1) is 16.9. The molecule has 0 heterocycles. The number of hydrogen-bond donors (Lipinski definition) is 0. The minimum atomic E-state index is -1.03. The average molecular weight is 351 g/mol. The van der Waals surface area contributed by atoms with Crippen molar-refractivity contribution in [3.05, 3.63) is 107 Å². The fraction of sp³-hybridized carbons (Fsp3) is 0.0476. The normalized spacial score (nSPS) is 11.6. The van der Waals surface area contributed by atoms with E-state index in [1.807, 2.05) is 12.1 Å². The van der Waals surface area contributed by atoms with Gasteiger partial charge in [0.15, 0.2) is 6.10 Å². The summed E-state index contributed by atoms with van der Waals surface area (Å²) in [6.45, 7) is 0. The molecule has 0 aliphatic carbocycles. The Kier molecular flexibility index (Phi) is 5.26. The molecule has 0 fully saturated rings. The van der Waals surface area contributed by atoms with Gasteiger partial charge in [0.1, 0.15) is 0 Å². The Labute approximate surface area is 150 Å². The van der Waals surface area contributed by atoms with Gasteiger partial charge in [0.25, 0.3) is 0 Å². The summed E-state index contributed by atoms with van der Waals surface area (Å²) in [5.74, 6) is -0.836. The molecule has 0 saturated carbocycles. The number of benzene rings is 3. The fourth-order valence-electron chi connectivity index (χ4n) is 2.41. The van der Waals surface area contributed by atoms with Crippen molar-refractivity contribution >= 4 is 23.4 Å². The number of esters is 1. The van der Waals surface area contributed by atoms with Crippen molar-refractivity contribution in [1.29, 1.82) is 0 Å². The molecule has 3 nitrogen and oxygen atoms in total. The van der Waals surface area contributed by atoms with Gasteiger partial charge in [-0.1, -0.05) is 72.3 Å². The number of hydrogen-bond acceptors (Lipinski definition) is 3. The van der Waals surface area contributed by atoms with E-state index in [9.17, 15) is 9.59 Å². The maximum Gasteiger partial charge on any atom is 0.339 e. The zero-order valence-electron chi connectivity index (χ0n) is 13.3. The Bertz CT molecular complexity index is 859. The van der Waals surface area contributed by atoms with Crippen molar-refractivity contribution in [2.45, 2.75) is 6.10 Å². The van der Waals surface area contributed by atoms with E-state index >= 15 is 0 Å². The largest absolute Gasteiger partial charge is 0.445 e. The molecule has 0 radical (unpaired) electrons. The number of Topliss-reactive ketones (excluding diaryl/α,β-unsaturated/α-hetero) is 1. The van der Waals surface area contributed by atoms with E-state index in [-0.39, 0.29) is 5.78 Å². The summed E-state index contributed by atoms with van der Waals surface area (Å²) >= 11 is 5.92. The molecular formula is C21H15ClO3. The molecule has 0 saturated heterocycles. The molecule has 0 aliphatic heterocycles. The molecule has 124 valence electrons. The fourth-order valence-corrected chi connectivity index (χ4v) is 2.54. The van der Waals surface area contributed by atoms with Crippen molar-refractivity contribution in [1.82, 2.24) is 0 Å². The third-order valence-corrected chi connectivity index (χ3v) is 3.96. The molecule has 1 atom stereocenters. The molecule has 3 aromatic carbocycles. The lowest BCUT2D eigenvalue weighted by Gasteiger charge is -2.17. The molecule has 25 heavy (non-hydrogen) atoms. The maximum absolute atomic E-state index is 12.9. The molecular weight excluding hydrogens is 336 g/mol. The van der Waals surface area contributed by atoms with Gasteiger partial charge in [-0.05, 0) is 24.3 Å². The van der Waals surface area contributed by atoms with Gasteiger partial charge in [-0.25, -0.2) is 4.79 Å². The monoisotopic (exact) mass is 350 g/mol. The topological polar surface area (TPSA) is 43.4 Å². The molecule has 0 aromatic heterocycles. The Balaban J connectivity index is 1.93. The quantitative estimate of drug-likeness (QED) is 0.473. The van der Waals surface area contributed by atoms with Crippen molar-refractivity contribution < 1.29 is 14.3 Å². The average Bonchev–Trinajstić information content (AvgIpc) is 2.67. The van der Waals surface area contributed by atoms with Crippen LogP contribution in [0.3, 0.4) is 0 Å². The minimum Gasteiger partial charge on any atom is -0.445 e. The predicted molar refractivity (Wildman–Crippen MR) is 96.8 cm³/mol. The summed E-state index contributed by atoms with van der Waals surface area (Å²) in [5.41, 5.74) is 1.44. The second-order valence-corrected chi connectivity index (χ2v) is 5.87. The summed E-state index contributed by atoms with van der Waals surface area (Å²) in [6.07, 6.45) is -1.03. The minimum absolute atomic E-state index is 0.285. The van der Waals surface area contributed by atoms with E-state index in [4.69, 9.17) is 16.3 Å². The smallest absolute Gasteiger partial charge is 0.339 e. The standard InChI is InChI=1S/C21H15ClO3/c22-18-13-11-16(12-14-18)20(19(23)15-7-3-1-4-8-15)25-21(24)17-9-5-2-6-10-17/h1-14,20H/t20-/m0/s1. The first-order chi connectivity index (χ1) is 12.1. The second-order valence-electron chi connectivity index (χ2n) is 5.43. The Morgan fingerprint density at radius 3 is 1.80 bits per heavy atom. The van der Waals surface area contributed by atoms with Gasteiger partial charge < -0.3 is 4.74 Å². The van der Waals surface area contributed by atoms with E-state index < -0.39 is 12.1 Å². The van der Waals surface area contributed by atoms with Crippen molar-refractivity contribution in [3.63, 3.8) is 0 Å². The highest BCUT2D eigenvalue weighted by molar-refractivity contribution is 6.30. The van der Waals surface area contributed by atoms with Crippen LogP contribution in [0.5, 0.6) is 0 Å². The number of rotatable bonds is 5. The van der Waals surface area contributed by atoms with Crippen LogP contribution in [-0.4, -0.2) is 11.8 Å². The molecule has 3 aromatic rings. The molecule has 0 spiro atoms. The first-order valence-electron chi connectivity index (χ1n) is 7.76. The predicted octanol–water partition coefficient (Wildman–Crippen LogP) is 5.12. The highest BCUT2D eigenvalue weighted by Gasteiger charge is 2.26. The highest BCUT2D eigenvalue weighted by atomic mass is 35.5. The Morgan fingerprint density at radius 2 is 1.24 bits per heavy atom. The van der Waals surface area contributed by atoms with E-state index in [1.54, 1.807) is 72.8 Å². The van der Waals surface area contributed by atoms with Gasteiger partial charge in [0.05, 0.1) is 5.56 Å². The number of carbonyl (C=O) groups is 2. The summed E-state index contributed by atoms with van der Waals surface area (Å²) in [6, 6.07) is 24.0. The van der Waals surface area contributed by atoms with Gasteiger partial charge >= 0.3 is 5.97 Å². The summed E-state index contributed by atoms with van der Waals surface area (Å²) < 4.78 is 5.55. The zero-order chi connectivity index (χ0) is 17.6. The maximum atomic E-state index is 12.9. The highest BCUT2D eigenvalue weighted by Crippen LogP contribution is 2.25. The van der Waals surface area contributed by atoms with Crippen molar-refractivity contribution in [2.24, 2.45) is 0 Å². The van der Waals surface area contributed by atoms with Crippen LogP contribution < -0.4 is 0 Å². The summed E-state index contributed by atoms with van der Waals surface area (Å²) in [5, 5.41) is 0.545. The lowest BCUT2D eigenvalue weighted by molar-refractivity contribution is 0.0280. The summed E-state index contributed by atoms with van der Waals surface area (Å²) in [7, 11) is 0. The molecule has 3 rings (SSSR count). The lowest BCUT2D eigenvalue weighted by atomic mass is 9.99.